The van der Waals surface area contributed by atoms with E-state index in [4.69, 9.17) is 4.74 Å². The lowest BCUT2D eigenvalue weighted by Gasteiger charge is -2.25. The van der Waals surface area contributed by atoms with Gasteiger partial charge in [-0.05, 0) is 32.9 Å². The smallest absolute Gasteiger partial charge is 0.237 e. The number of para-hydroxylation sites is 1. The molecule has 2 rings (SSSR count). The molecule has 0 bridgehead atoms. The molecule has 0 spiro atoms. The molecule has 5 nitrogen and oxygen atoms in total. The zero-order valence-electron chi connectivity index (χ0n) is 10.8. The molecule has 1 aliphatic rings. The van der Waals surface area contributed by atoms with Gasteiger partial charge in [-0.1, -0.05) is 6.07 Å². The first kappa shape index (κ1) is 13.0. The van der Waals surface area contributed by atoms with Gasteiger partial charge in [-0.25, -0.2) is 8.42 Å². The fourth-order valence-electron chi connectivity index (χ4n) is 1.55. The van der Waals surface area contributed by atoms with Crippen molar-refractivity contribution in [2.24, 2.45) is 0 Å². The molecular weight excluding hydrogens is 252 g/mol. The van der Waals surface area contributed by atoms with E-state index >= 15 is 0 Å². The summed E-state index contributed by atoms with van der Waals surface area (Å²) in [7, 11) is -3.44. The Labute approximate surface area is 108 Å². The predicted molar refractivity (Wildman–Crippen MR) is 72.7 cm³/mol. The Morgan fingerprint density at radius 1 is 1.33 bits per heavy atom. The quantitative estimate of drug-likeness (QED) is 0.863. The summed E-state index contributed by atoms with van der Waals surface area (Å²) in [6.07, 6.45) is 0. The third-order valence-electron chi connectivity index (χ3n) is 2.73. The molecule has 0 aliphatic carbocycles. The summed E-state index contributed by atoms with van der Waals surface area (Å²) in [6.45, 7) is 6.22. The predicted octanol–water partition coefficient (Wildman–Crippen LogP) is 2.03. The van der Waals surface area contributed by atoms with Crippen molar-refractivity contribution < 1.29 is 13.2 Å². The molecule has 0 fully saturated rings. The van der Waals surface area contributed by atoms with Gasteiger partial charge in [0.1, 0.15) is 6.61 Å². The lowest BCUT2D eigenvalue weighted by Crippen LogP contribution is -2.34. The number of anilines is 2. The standard InChI is InChI=1S/C12H18N2O3S/c1-12(2,3)18(15,16)14-10-6-4-5-9-11(10)17-8-7-13-9/h4-6,13-14H,7-8H2,1-3H3. The third kappa shape index (κ3) is 2.38. The van der Waals surface area contributed by atoms with Crippen molar-refractivity contribution in [3.63, 3.8) is 0 Å². The minimum atomic E-state index is -3.44. The molecule has 1 heterocycles. The molecular formula is C12H18N2O3S. The first-order chi connectivity index (χ1) is 8.31. The SMILES string of the molecule is CC(C)(C)S(=O)(=O)Nc1cccc2c1OCCN2. The Balaban J connectivity index is 2.36. The van der Waals surface area contributed by atoms with Crippen LogP contribution in [0.3, 0.4) is 0 Å². The van der Waals surface area contributed by atoms with Crippen LogP contribution < -0.4 is 14.8 Å². The third-order valence-corrected chi connectivity index (χ3v) is 4.83. The van der Waals surface area contributed by atoms with Crippen LogP contribution in [-0.4, -0.2) is 26.3 Å². The second kappa shape index (κ2) is 4.35. The van der Waals surface area contributed by atoms with Crippen molar-refractivity contribution in [3.05, 3.63) is 18.2 Å². The maximum absolute atomic E-state index is 12.1. The molecule has 2 N–H and O–H groups in total. The summed E-state index contributed by atoms with van der Waals surface area (Å²) in [5.74, 6) is 0.566. The average Bonchev–Trinajstić information content (AvgIpc) is 2.27. The van der Waals surface area contributed by atoms with Crippen LogP contribution in [0.15, 0.2) is 18.2 Å². The van der Waals surface area contributed by atoms with E-state index in [2.05, 4.69) is 10.0 Å². The van der Waals surface area contributed by atoms with Gasteiger partial charge in [0.2, 0.25) is 10.0 Å². The summed E-state index contributed by atoms with van der Waals surface area (Å²) in [5.41, 5.74) is 1.30. The fourth-order valence-corrected chi connectivity index (χ4v) is 2.31. The van der Waals surface area contributed by atoms with Gasteiger partial charge in [-0.2, -0.15) is 0 Å². The lowest BCUT2D eigenvalue weighted by molar-refractivity contribution is 0.325. The molecule has 0 aromatic heterocycles. The highest BCUT2D eigenvalue weighted by Gasteiger charge is 2.30. The van der Waals surface area contributed by atoms with Crippen LogP contribution in [0.4, 0.5) is 11.4 Å². The summed E-state index contributed by atoms with van der Waals surface area (Å²) in [6, 6.07) is 5.36. The number of sulfonamides is 1. The number of hydrogen-bond donors (Lipinski definition) is 2. The van der Waals surface area contributed by atoms with Crippen molar-refractivity contribution in [2.45, 2.75) is 25.5 Å². The van der Waals surface area contributed by atoms with E-state index in [0.29, 0.717) is 18.0 Å². The highest BCUT2D eigenvalue weighted by Crippen LogP contribution is 2.36. The minimum absolute atomic E-state index is 0.481. The van der Waals surface area contributed by atoms with E-state index in [-0.39, 0.29) is 0 Å². The van der Waals surface area contributed by atoms with Gasteiger partial charge in [0.05, 0.1) is 16.1 Å². The molecule has 6 heteroatoms. The molecule has 18 heavy (non-hydrogen) atoms. The second-order valence-corrected chi connectivity index (χ2v) is 7.61. The van der Waals surface area contributed by atoms with Crippen LogP contribution in [-0.2, 0) is 10.0 Å². The van der Waals surface area contributed by atoms with E-state index in [1.807, 2.05) is 6.07 Å². The minimum Gasteiger partial charge on any atom is -0.487 e. The molecule has 1 aliphatic heterocycles. The van der Waals surface area contributed by atoms with Crippen molar-refractivity contribution in [1.82, 2.24) is 0 Å². The number of nitrogens with one attached hydrogen (secondary N) is 2. The maximum atomic E-state index is 12.1. The van der Waals surface area contributed by atoms with E-state index in [9.17, 15) is 8.42 Å². The lowest BCUT2D eigenvalue weighted by atomic mass is 10.2. The van der Waals surface area contributed by atoms with Gasteiger partial charge in [0.25, 0.3) is 0 Å². The van der Waals surface area contributed by atoms with Crippen molar-refractivity contribution >= 4 is 21.4 Å². The Kier molecular flexibility index (Phi) is 3.14. The van der Waals surface area contributed by atoms with E-state index < -0.39 is 14.8 Å². The zero-order chi connectivity index (χ0) is 13.4. The van der Waals surface area contributed by atoms with E-state index in [1.54, 1.807) is 32.9 Å². The molecule has 1 aromatic carbocycles. The Morgan fingerprint density at radius 3 is 2.72 bits per heavy atom. The van der Waals surface area contributed by atoms with Gasteiger partial charge < -0.3 is 10.1 Å². The molecule has 0 amide bonds. The van der Waals surface area contributed by atoms with E-state index in [0.717, 1.165) is 12.2 Å². The molecule has 0 atom stereocenters. The van der Waals surface area contributed by atoms with Crippen LogP contribution in [0.5, 0.6) is 5.75 Å². The molecule has 0 unspecified atom stereocenters. The van der Waals surface area contributed by atoms with Crippen LogP contribution in [0.2, 0.25) is 0 Å². The largest absolute Gasteiger partial charge is 0.487 e. The topological polar surface area (TPSA) is 67.4 Å². The number of benzene rings is 1. The first-order valence-corrected chi connectivity index (χ1v) is 7.32. The fraction of sp³-hybridized carbons (Fsp3) is 0.500. The molecule has 100 valence electrons. The van der Waals surface area contributed by atoms with Crippen LogP contribution in [0.1, 0.15) is 20.8 Å². The number of fused-ring (bicyclic) bond motifs is 1. The summed E-state index contributed by atoms with van der Waals surface area (Å²) in [5, 5.41) is 3.17. The molecule has 0 saturated carbocycles. The normalized spacial score (nSPS) is 15.3. The van der Waals surface area contributed by atoms with Crippen LogP contribution in [0.25, 0.3) is 0 Å². The Bertz CT molecular complexity index is 547. The van der Waals surface area contributed by atoms with Gasteiger partial charge in [-0.15, -0.1) is 0 Å². The van der Waals surface area contributed by atoms with Gasteiger partial charge >= 0.3 is 0 Å². The molecule has 1 aromatic rings. The van der Waals surface area contributed by atoms with Crippen molar-refractivity contribution in [2.75, 3.05) is 23.2 Å². The van der Waals surface area contributed by atoms with Gasteiger partial charge in [-0.3, -0.25) is 4.72 Å². The maximum Gasteiger partial charge on any atom is 0.237 e. The highest BCUT2D eigenvalue weighted by atomic mass is 32.2. The summed E-state index contributed by atoms with van der Waals surface area (Å²) >= 11 is 0. The van der Waals surface area contributed by atoms with E-state index in [1.165, 1.54) is 0 Å². The Morgan fingerprint density at radius 2 is 2.06 bits per heavy atom. The number of hydrogen-bond acceptors (Lipinski definition) is 4. The molecule has 0 saturated heterocycles. The number of ether oxygens (including phenoxy) is 1. The molecule has 0 radical (unpaired) electrons. The second-order valence-electron chi connectivity index (χ2n) is 5.18. The zero-order valence-corrected chi connectivity index (χ0v) is 11.6. The number of rotatable bonds is 2. The first-order valence-electron chi connectivity index (χ1n) is 5.83. The van der Waals surface area contributed by atoms with Crippen LogP contribution >= 0.6 is 0 Å². The monoisotopic (exact) mass is 270 g/mol. The van der Waals surface area contributed by atoms with Gasteiger partial charge in [0.15, 0.2) is 5.75 Å². The summed E-state index contributed by atoms with van der Waals surface area (Å²) < 4.78 is 31.5. The summed E-state index contributed by atoms with van der Waals surface area (Å²) in [4.78, 5) is 0. The Hall–Kier alpha value is -1.43. The van der Waals surface area contributed by atoms with Crippen molar-refractivity contribution in [1.29, 1.82) is 0 Å². The average molecular weight is 270 g/mol. The van der Waals surface area contributed by atoms with Crippen molar-refractivity contribution in [3.8, 4) is 5.75 Å². The van der Waals surface area contributed by atoms with Gasteiger partial charge in [0, 0.05) is 6.54 Å². The van der Waals surface area contributed by atoms with Crippen LogP contribution in [0, 0.1) is 0 Å². The highest BCUT2D eigenvalue weighted by molar-refractivity contribution is 7.94.